The van der Waals surface area contributed by atoms with Crippen molar-refractivity contribution in [2.75, 3.05) is 19.6 Å². The lowest BCUT2D eigenvalue weighted by molar-refractivity contribution is 0.568. The molecular formula is C6H15BrN2. The number of halogens is 1. The quantitative estimate of drug-likeness (QED) is 0.589. The molecule has 9 heavy (non-hydrogen) atoms. The molecule has 56 valence electrons. The normalized spacial score (nSPS) is 28.3. The summed E-state index contributed by atoms with van der Waals surface area (Å²) in [5, 5.41) is 6.72. The summed E-state index contributed by atoms with van der Waals surface area (Å²) in [6, 6.07) is 0.664. The molecule has 0 spiro atoms. The van der Waals surface area contributed by atoms with E-state index in [1.807, 2.05) is 0 Å². The average Bonchev–Trinajstić information content (AvgIpc) is 1.94. The monoisotopic (exact) mass is 194 g/mol. The van der Waals surface area contributed by atoms with Crippen LogP contribution in [-0.4, -0.2) is 25.7 Å². The van der Waals surface area contributed by atoms with Crippen LogP contribution in [0.4, 0.5) is 0 Å². The van der Waals surface area contributed by atoms with Crippen LogP contribution in [0.2, 0.25) is 0 Å². The Morgan fingerprint density at radius 1 is 1.33 bits per heavy atom. The van der Waals surface area contributed by atoms with Gasteiger partial charge in [-0.15, -0.1) is 17.0 Å². The van der Waals surface area contributed by atoms with Gasteiger partial charge in [-0.2, -0.15) is 0 Å². The van der Waals surface area contributed by atoms with Crippen molar-refractivity contribution in [2.45, 2.75) is 19.4 Å². The van der Waals surface area contributed by atoms with Gasteiger partial charge in [0.05, 0.1) is 0 Å². The SMILES string of the molecule is Br.CC1CNCCCN1. The van der Waals surface area contributed by atoms with E-state index in [0.717, 1.165) is 6.54 Å². The van der Waals surface area contributed by atoms with Crippen LogP contribution in [-0.2, 0) is 0 Å². The van der Waals surface area contributed by atoms with Crippen LogP contribution < -0.4 is 10.6 Å². The number of rotatable bonds is 0. The van der Waals surface area contributed by atoms with E-state index in [2.05, 4.69) is 17.6 Å². The minimum Gasteiger partial charge on any atom is -0.315 e. The summed E-state index contributed by atoms with van der Waals surface area (Å²) in [5.41, 5.74) is 0. The molecule has 0 aromatic heterocycles. The molecule has 0 bridgehead atoms. The zero-order chi connectivity index (χ0) is 5.82. The van der Waals surface area contributed by atoms with Gasteiger partial charge in [-0.05, 0) is 26.4 Å². The molecule has 1 heterocycles. The van der Waals surface area contributed by atoms with Crippen molar-refractivity contribution >= 4 is 17.0 Å². The molecule has 0 aliphatic carbocycles. The van der Waals surface area contributed by atoms with Gasteiger partial charge in [-0.1, -0.05) is 0 Å². The molecule has 0 saturated carbocycles. The van der Waals surface area contributed by atoms with Gasteiger partial charge in [0.25, 0.3) is 0 Å². The average molecular weight is 195 g/mol. The van der Waals surface area contributed by atoms with Crippen LogP contribution in [0.25, 0.3) is 0 Å². The van der Waals surface area contributed by atoms with Crippen molar-refractivity contribution in [1.82, 2.24) is 10.6 Å². The highest BCUT2D eigenvalue weighted by molar-refractivity contribution is 8.93. The van der Waals surface area contributed by atoms with E-state index in [-0.39, 0.29) is 17.0 Å². The maximum atomic E-state index is 3.38. The highest BCUT2D eigenvalue weighted by atomic mass is 79.9. The fourth-order valence-electron chi connectivity index (χ4n) is 0.953. The molecule has 0 aromatic rings. The molecule has 2 N–H and O–H groups in total. The largest absolute Gasteiger partial charge is 0.315 e. The third-order valence-electron chi connectivity index (χ3n) is 1.47. The third-order valence-corrected chi connectivity index (χ3v) is 1.47. The zero-order valence-electron chi connectivity index (χ0n) is 5.81. The van der Waals surface area contributed by atoms with E-state index in [9.17, 15) is 0 Å². The van der Waals surface area contributed by atoms with Crippen LogP contribution in [0.1, 0.15) is 13.3 Å². The van der Waals surface area contributed by atoms with Crippen LogP contribution in [0, 0.1) is 0 Å². The number of hydrogen-bond donors (Lipinski definition) is 2. The molecular weight excluding hydrogens is 180 g/mol. The van der Waals surface area contributed by atoms with Crippen molar-refractivity contribution in [2.24, 2.45) is 0 Å². The van der Waals surface area contributed by atoms with Crippen LogP contribution in [0.5, 0.6) is 0 Å². The van der Waals surface area contributed by atoms with Gasteiger partial charge in [0, 0.05) is 12.6 Å². The number of nitrogens with one attached hydrogen (secondary N) is 2. The summed E-state index contributed by atoms with van der Waals surface area (Å²) in [4.78, 5) is 0. The first-order valence-corrected chi connectivity index (χ1v) is 3.33. The summed E-state index contributed by atoms with van der Waals surface area (Å²) in [6.45, 7) is 5.68. The minimum atomic E-state index is 0. The van der Waals surface area contributed by atoms with Gasteiger partial charge in [0.15, 0.2) is 0 Å². The van der Waals surface area contributed by atoms with Crippen LogP contribution in [0.15, 0.2) is 0 Å². The summed E-state index contributed by atoms with van der Waals surface area (Å²) in [7, 11) is 0. The number of hydrogen-bond acceptors (Lipinski definition) is 2. The molecule has 1 aliphatic rings. The summed E-state index contributed by atoms with van der Waals surface area (Å²) >= 11 is 0. The minimum absolute atomic E-state index is 0. The first kappa shape index (κ1) is 9.40. The maximum absolute atomic E-state index is 3.38. The van der Waals surface area contributed by atoms with Gasteiger partial charge in [0.2, 0.25) is 0 Å². The predicted octanol–water partition coefficient (Wildman–Crippen LogP) is 0.536. The van der Waals surface area contributed by atoms with Crippen LogP contribution in [0.3, 0.4) is 0 Å². The van der Waals surface area contributed by atoms with Gasteiger partial charge in [0.1, 0.15) is 0 Å². The van der Waals surface area contributed by atoms with Crippen LogP contribution >= 0.6 is 17.0 Å². The van der Waals surface area contributed by atoms with E-state index in [1.165, 1.54) is 19.5 Å². The Bertz CT molecular complexity index is 60.1. The standard InChI is InChI=1S/C6H14N2.BrH/c1-6-5-7-3-2-4-8-6;/h6-8H,2-5H2,1H3;1H. The van der Waals surface area contributed by atoms with Crippen molar-refractivity contribution < 1.29 is 0 Å². The van der Waals surface area contributed by atoms with E-state index < -0.39 is 0 Å². The van der Waals surface area contributed by atoms with Gasteiger partial charge in [-0.25, -0.2) is 0 Å². The molecule has 3 heteroatoms. The fourth-order valence-corrected chi connectivity index (χ4v) is 0.953. The topological polar surface area (TPSA) is 24.1 Å². The van der Waals surface area contributed by atoms with E-state index in [1.54, 1.807) is 0 Å². The smallest absolute Gasteiger partial charge is 0.0164 e. The second-order valence-electron chi connectivity index (χ2n) is 2.41. The molecule has 1 fully saturated rings. The van der Waals surface area contributed by atoms with Crippen molar-refractivity contribution in [3.63, 3.8) is 0 Å². The Balaban J connectivity index is 0.000000640. The van der Waals surface area contributed by atoms with E-state index in [4.69, 9.17) is 0 Å². The third kappa shape index (κ3) is 3.89. The second kappa shape index (κ2) is 5.21. The Hall–Kier alpha value is 0.400. The highest BCUT2D eigenvalue weighted by Crippen LogP contribution is 1.85. The van der Waals surface area contributed by atoms with Gasteiger partial charge < -0.3 is 10.6 Å². The molecule has 0 aromatic carbocycles. The molecule has 0 radical (unpaired) electrons. The molecule has 1 aliphatic heterocycles. The van der Waals surface area contributed by atoms with Crippen molar-refractivity contribution in [3.8, 4) is 0 Å². The van der Waals surface area contributed by atoms with Crippen molar-refractivity contribution in [3.05, 3.63) is 0 Å². The zero-order valence-corrected chi connectivity index (χ0v) is 7.53. The maximum Gasteiger partial charge on any atom is 0.0164 e. The van der Waals surface area contributed by atoms with E-state index in [0.29, 0.717) is 6.04 Å². The molecule has 1 rings (SSSR count). The predicted molar refractivity (Wildman–Crippen MR) is 45.3 cm³/mol. The second-order valence-corrected chi connectivity index (χ2v) is 2.41. The highest BCUT2D eigenvalue weighted by Gasteiger charge is 2.02. The molecule has 0 amide bonds. The molecule has 2 nitrogen and oxygen atoms in total. The Morgan fingerprint density at radius 3 is 2.89 bits per heavy atom. The molecule has 1 unspecified atom stereocenters. The van der Waals surface area contributed by atoms with Gasteiger partial charge >= 0.3 is 0 Å². The van der Waals surface area contributed by atoms with E-state index >= 15 is 0 Å². The summed E-state index contributed by atoms with van der Waals surface area (Å²) in [6.07, 6.45) is 1.27. The van der Waals surface area contributed by atoms with Gasteiger partial charge in [-0.3, -0.25) is 0 Å². The lowest BCUT2D eigenvalue weighted by Crippen LogP contribution is -2.31. The molecule has 1 saturated heterocycles. The van der Waals surface area contributed by atoms with Crippen molar-refractivity contribution in [1.29, 1.82) is 0 Å². The summed E-state index contributed by atoms with van der Waals surface area (Å²) < 4.78 is 0. The first-order chi connectivity index (χ1) is 3.89. The molecule has 1 atom stereocenters. The lowest BCUT2D eigenvalue weighted by atomic mass is 10.3. The fraction of sp³-hybridized carbons (Fsp3) is 1.00. The Kier molecular flexibility index (Phi) is 5.44. The Morgan fingerprint density at radius 2 is 2.11 bits per heavy atom. The Labute approximate surface area is 67.2 Å². The summed E-state index contributed by atoms with van der Waals surface area (Å²) in [5.74, 6) is 0. The first-order valence-electron chi connectivity index (χ1n) is 3.33. The lowest BCUT2D eigenvalue weighted by Gasteiger charge is -2.06.